The normalized spacial score (nSPS) is 19.7. The summed E-state index contributed by atoms with van der Waals surface area (Å²) < 4.78 is 0. The van der Waals surface area contributed by atoms with Crippen molar-refractivity contribution < 1.29 is 0 Å². The van der Waals surface area contributed by atoms with Gasteiger partial charge in [-0.2, -0.15) is 0 Å². The van der Waals surface area contributed by atoms with E-state index in [4.69, 9.17) is 0 Å². The van der Waals surface area contributed by atoms with E-state index in [-0.39, 0.29) is 0 Å². The molecular weight excluding hydrogens is 182 g/mol. The highest BCUT2D eigenvalue weighted by Gasteiger charge is 2.15. The van der Waals surface area contributed by atoms with Crippen molar-refractivity contribution in [2.45, 2.75) is 32.6 Å². The highest BCUT2D eigenvalue weighted by Crippen LogP contribution is 2.32. The molecule has 0 unspecified atom stereocenters. The van der Waals surface area contributed by atoms with E-state index in [9.17, 15) is 0 Å². The average molecular weight is 201 g/mol. The molecule has 0 saturated heterocycles. The third-order valence-corrected chi connectivity index (χ3v) is 3.25. The number of rotatable bonds is 3. The van der Waals surface area contributed by atoms with Gasteiger partial charge in [-0.15, -0.1) is 0 Å². The number of nitrogens with zero attached hydrogens (tertiary/aromatic N) is 1. The highest BCUT2D eigenvalue weighted by atomic mass is 15.1. The first-order valence-corrected chi connectivity index (χ1v) is 5.83. The van der Waals surface area contributed by atoms with Gasteiger partial charge >= 0.3 is 0 Å². The molecule has 0 aliphatic heterocycles. The van der Waals surface area contributed by atoms with E-state index < -0.39 is 0 Å². The van der Waals surface area contributed by atoms with Crippen LogP contribution in [0.5, 0.6) is 0 Å². The minimum absolute atomic E-state index is 0.988. The van der Waals surface area contributed by atoms with E-state index >= 15 is 0 Å². The minimum atomic E-state index is 0.988. The van der Waals surface area contributed by atoms with Gasteiger partial charge in [0, 0.05) is 12.2 Å². The second kappa shape index (κ2) is 4.52. The Morgan fingerprint density at radius 1 is 1.47 bits per heavy atom. The Labute approximate surface area is 92.5 Å². The first kappa shape index (κ1) is 10.3. The molecule has 2 aliphatic carbocycles. The van der Waals surface area contributed by atoms with Crippen LogP contribution in [-0.2, 0) is 0 Å². The standard InChI is InChI=1S/C14H19N/c1-3-15(4-2)14-10-6-8-12-7-5-9-13(12)11-14/h3,6,10-11H,1,4-5,7-9H2,2H3. The summed E-state index contributed by atoms with van der Waals surface area (Å²) in [6.07, 6.45) is 13.8. The molecule has 0 spiro atoms. The molecule has 0 radical (unpaired) electrons. The zero-order chi connectivity index (χ0) is 10.7. The van der Waals surface area contributed by atoms with Gasteiger partial charge in [0.15, 0.2) is 0 Å². The van der Waals surface area contributed by atoms with E-state index in [1.807, 2.05) is 6.20 Å². The number of allylic oxidation sites excluding steroid dienone is 5. The molecule has 0 amide bonds. The quantitative estimate of drug-likeness (QED) is 0.671. The van der Waals surface area contributed by atoms with Gasteiger partial charge < -0.3 is 4.90 Å². The summed E-state index contributed by atoms with van der Waals surface area (Å²) in [6.45, 7) is 7.00. The van der Waals surface area contributed by atoms with Crippen LogP contribution in [-0.4, -0.2) is 11.4 Å². The first-order valence-electron chi connectivity index (χ1n) is 5.83. The van der Waals surface area contributed by atoms with Gasteiger partial charge in [-0.3, -0.25) is 0 Å². The van der Waals surface area contributed by atoms with Crippen LogP contribution in [0.2, 0.25) is 0 Å². The molecule has 0 aromatic rings. The fourth-order valence-corrected chi connectivity index (χ4v) is 2.38. The predicted octanol–water partition coefficient (Wildman–Crippen LogP) is 3.78. The van der Waals surface area contributed by atoms with Crippen LogP contribution in [0, 0.1) is 0 Å². The second-order valence-corrected chi connectivity index (χ2v) is 4.13. The summed E-state index contributed by atoms with van der Waals surface area (Å²) in [4.78, 5) is 2.20. The van der Waals surface area contributed by atoms with E-state index in [0.29, 0.717) is 0 Å². The van der Waals surface area contributed by atoms with Crippen LogP contribution in [0.15, 0.2) is 47.9 Å². The minimum Gasteiger partial charge on any atom is -0.349 e. The van der Waals surface area contributed by atoms with E-state index in [2.05, 4.69) is 36.6 Å². The van der Waals surface area contributed by atoms with Crippen molar-refractivity contribution in [2.24, 2.45) is 0 Å². The van der Waals surface area contributed by atoms with Crippen molar-refractivity contribution in [3.8, 4) is 0 Å². The van der Waals surface area contributed by atoms with Crippen molar-refractivity contribution >= 4 is 0 Å². The average Bonchev–Trinajstić information content (AvgIpc) is 2.59. The molecule has 0 fully saturated rings. The van der Waals surface area contributed by atoms with E-state index in [1.54, 1.807) is 11.1 Å². The summed E-state index contributed by atoms with van der Waals surface area (Å²) in [5, 5.41) is 0. The second-order valence-electron chi connectivity index (χ2n) is 4.13. The van der Waals surface area contributed by atoms with Crippen molar-refractivity contribution in [1.29, 1.82) is 0 Å². The van der Waals surface area contributed by atoms with Gasteiger partial charge in [0.1, 0.15) is 0 Å². The lowest BCUT2D eigenvalue weighted by molar-refractivity contribution is 0.508. The van der Waals surface area contributed by atoms with Gasteiger partial charge in [0.05, 0.1) is 0 Å². The van der Waals surface area contributed by atoms with Gasteiger partial charge in [0.25, 0.3) is 0 Å². The zero-order valence-corrected chi connectivity index (χ0v) is 9.50. The number of hydrogen-bond acceptors (Lipinski definition) is 1. The van der Waals surface area contributed by atoms with Gasteiger partial charge in [-0.1, -0.05) is 18.2 Å². The third-order valence-electron chi connectivity index (χ3n) is 3.25. The highest BCUT2D eigenvalue weighted by molar-refractivity contribution is 5.39. The summed E-state index contributed by atoms with van der Waals surface area (Å²) >= 11 is 0. The van der Waals surface area contributed by atoms with Gasteiger partial charge in [-0.05, 0) is 56.5 Å². The molecular formula is C14H19N. The Balaban J connectivity index is 2.28. The van der Waals surface area contributed by atoms with Crippen molar-refractivity contribution in [3.63, 3.8) is 0 Å². The lowest BCUT2D eigenvalue weighted by atomic mass is 10.1. The molecule has 15 heavy (non-hydrogen) atoms. The molecule has 80 valence electrons. The fourth-order valence-electron chi connectivity index (χ4n) is 2.38. The molecule has 2 rings (SSSR count). The lowest BCUT2D eigenvalue weighted by Crippen LogP contribution is -2.14. The zero-order valence-electron chi connectivity index (χ0n) is 9.50. The Kier molecular flexibility index (Phi) is 3.10. The Morgan fingerprint density at radius 2 is 2.33 bits per heavy atom. The largest absolute Gasteiger partial charge is 0.349 e. The fraction of sp³-hybridized carbons (Fsp3) is 0.429. The maximum absolute atomic E-state index is 3.86. The van der Waals surface area contributed by atoms with E-state index in [1.165, 1.54) is 25.0 Å². The molecule has 0 aromatic carbocycles. The summed E-state index contributed by atoms with van der Waals surface area (Å²) in [5.74, 6) is 0. The Hall–Kier alpha value is -1.24. The Morgan fingerprint density at radius 3 is 3.07 bits per heavy atom. The molecule has 0 aromatic heterocycles. The van der Waals surface area contributed by atoms with Crippen molar-refractivity contribution in [3.05, 3.63) is 47.9 Å². The lowest BCUT2D eigenvalue weighted by Gasteiger charge is -2.18. The number of likely N-dealkylation sites (N-methyl/N-ethyl adjacent to an activating group) is 1. The SMILES string of the molecule is C=CN(CC)C1=CC2=C(CC=C1)CCC2. The molecule has 1 heteroatoms. The van der Waals surface area contributed by atoms with Crippen LogP contribution in [0.1, 0.15) is 32.6 Å². The van der Waals surface area contributed by atoms with Crippen LogP contribution >= 0.6 is 0 Å². The monoisotopic (exact) mass is 201 g/mol. The summed E-state index contributed by atoms with van der Waals surface area (Å²) in [5.41, 5.74) is 4.50. The maximum Gasteiger partial charge on any atom is 0.0405 e. The topological polar surface area (TPSA) is 3.24 Å². The number of hydrogen-bond donors (Lipinski definition) is 0. The molecule has 0 atom stereocenters. The smallest absolute Gasteiger partial charge is 0.0405 e. The van der Waals surface area contributed by atoms with Gasteiger partial charge in [-0.25, -0.2) is 0 Å². The maximum atomic E-state index is 3.86. The molecule has 0 bridgehead atoms. The predicted molar refractivity (Wildman–Crippen MR) is 65.3 cm³/mol. The third kappa shape index (κ3) is 2.06. The summed E-state index contributed by atoms with van der Waals surface area (Å²) in [6, 6.07) is 0. The first-order chi connectivity index (χ1) is 7.35. The van der Waals surface area contributed by atoms with Crippen LogP contribution in [0.25, 0.3) is 0 Å². The van der Waals surface area contributed by atoms with Crippen LogP contribution in [0.4, 0.5) is 0 Å². The summed E-state index contributed by atoms with van der Waals surface area (Å²) in [7, 11) is 0. The molecule has 0 heterocycles. The van der Waals surface area contributed by atoms with E-state index in [0.717, 1.165) is 13.0 Å². The molecule has 2 aliphatic rings. The van der Waals surface area contributed by atoms with Crippen LogP contribution in [0.3, 0.4) is 0 Å². The van der Waals surface area contributed by atoms with Crippen molar-refractivity contribution in [2.75, 3.05) is 6.54 Å². The molecule has 0 N–H and O–H groups in total. The Bertz CT molecular complexity index is 344. The van der Waals surface area contributed by atoms with Crippen LogP contribution < -0.4 is 0 Å². The molecule has 0 saturated carbocycles. The van der Waals surface area contributed by atoms with Crippen molar-refractivity contribution in [1.82, 2.24) is 4.90 Å². The molecule has 1 nitrogen and oxygen atoms in total. The van der Waals surface area contributed by atoms with Gasteiger partial charge in [0.2, 0.25) is 0 Å².